The van der Waals surface area contributed by atoms with Gasteiger partial charge in [0.1, 0.15) is 0 Å². The monoisotopic (exact) mass is 296 g/mol. The lowest BCUT2D eigenvalue weighted by Crippen LogP contribution is -1.93. The first-order valence-corrected chi connectivity index (χ1v) is 9.03. The van der Waals surface area contributed by atoms with E-state index in [4.69, 9.17) is 5.11 Å². The Morgan fingerprint density at radius 1 is 0.905 bits per heavy atom. The average Bonchev–Trinajstić information content (AvgIpc) is 2.46. The second-order valence-corrected chi connectivity index (χ2v) is 6.32. The van der Waals surface area contributed by atoms with Crippen LogP contribution in [0.4, 0.5) is 0 Å². The lowest BCUT2D eigenvalue weighted by molar-refractivity contribution is -0.137. The molecule has 21 heavy (non-hydrogen) atoms. The molecule has 1 atom stereocenters. The molecule has 0 bridgehead atoms. The molecule has 1 unspecified atom stereocenters. The van der Waals surface area contributed by atoms with Gasteiger partial charge in [-0.05, 0) is 38.0 Å². The van der Waals surface area contributed by atoms with Crippen LogP contribution in [-0.4, -0.2) is 11.1 Å². The minimum absolute atomic E-state index is 0.330. The summed E-state index contributed by atoms with van der Waals surface area (Å²) in [6.45, 7) is 4.63. The number of carbonyl (C=O) groups is 1. The van der Waals surface area contributed by atoms with Gasteiger partial charge in [0.25, 0.3) is 0 Å². The van der Waals surface area contributed by atoms with E-state index in [-0.39, 0.29) is 0 Å². The predicted octanol–water partition coefficient (Wildman–Crippen LogP) is 6.35. The van der Waals surface area contributed by atoms with Crippen LogP contribution in [0.3, 0.4) is 0 Å². The Bertz CT molecular complexity index is 258. The molecule has 0 aromatic heterocycles. The van der Waals surface area contributed by atoms with E-state index in [0.717, 1.165) is 18.8 Å². The number of carboxylic acids is 1. The minimum atomic E-state index is -0.665. The normalized spacial score (nSPS) is 12.9. The van der Waals surface area contributed by atoms with Crippen LogP contribution in [0.5, 0.6) is 0 Å². The molecule has 0 spiro atoms. The van der Waals surface area contributed by atoms with Crippen LogP contribution in [0.15, 0.2) is 12.2 Å². The fraction of sp³-hybridized carbons (Fsp3) is 0.842. The summed E-state index contributed by atoms with van der Waals surface area (Å²) in [5.74, 6) is 0.234. The van der Waals surface area contributed by atoms with Crippen molar-refractivity contribution in [1.82, 2.24) is 0 Å². The Hall–Kier alpha value is -0.790. The standard InChI is InChI=1S/C19H36O2/c1-3-18(2)16-14-12-10-8-6-4-5-7-9-11-13-15-17-19(20)21/h4,6,18H,3,5,7-17H2,1-2H3,(H,20,21). The Balaban J connectivity index is 3.14. The van der Waals surface area contributed by atoms with Crippen molar-refractivity contribution in [3.8, 4) is 0 Å². The molecule has 0 saturated heterocycles. The van der Waals surface area contributed by atoms with Crippen LogP contribution < -0.4 is 0 Å². The molecule has 0 saturated carbocycles. The van der Waals surface area contributed by atoms with E-state index in [1.165, 1.54) is 64.2 Å². The van der Waals surface area contributed by atoms with E-state index in [0.29, 0.717) is 6.42 Å². The highest BCUT2D eigenvalue weighted by Crippen LogP contribution is 2.13. The zero-order chi connectivity index (χ0) is 15.8. The van der Waals surface area contributed by atoms with Crippen molar-refractivity contribution < 1.29 is 9.90 Å². The van der Waals surface area contributed by atoms with E-state index in [2.05, 4.69) is 26.0 Å². The third-order valence-corrected chi connectivity index (χ3v) is 4.19. The molecule has 0 aromatic carbocycles. The summed E-state index contributed by atoms with van der Waals surface area (Å²) in [5, 5.41) is 8.52. The predicted molar refractivity (Wildman–Crippen MR) is 91.6 cm³/mol. The van der Waals surface area contributed by atoms with Crippen LogP contribution in [0.2, 0.25) is 0 Å². The fourth-order valence-electron chi connectivity index (χ4n) is 2.44. The number of hydrogen-bond donors (Lipinski definition) is 1. The zero-order valence-electron chi connectivity index (χ0n) is 14.3. The van der Waals surface area contributed by atoms with E-state index in [1.807, 2.05) is 0 Å². The summed E-state index contributed by atoms with van der Waals surface area (Å²) in [4.78, 5) is 10.3. The summed E-state index contributed by atoms with van der Waals surface area (Å²) in [6.07, 6.45) is 19.8. The van der Waals surface area contributed by atoms with Gasteiger partial charge in [0.2, 0.25) is 0 Å². The van der Waals surface area contributed by atoms with Crippen molar-refractivity contribution in [2.24, 2.45) is 5.92 Å². The maximum Gasteiger partial charge on any atom is 0.303 e. The lowest BCUT2D eigenvalue weighted by atomic mass is 10.0. The molecule has 0 amide bonds. The fourth-order valence-corrected chi connectivity index (χ4v) is 2.44. The number of carboxylic acid groups (broad SMARTS) is 1. The molecule has 124 valence electrons. The highest BCUT2D eigenvalue weighted by molar-refractivity contribution is 5.66. The molecule has 0 heterocycles. The molecule has 1 N–H and O–H groups in total. The molecular weight excluding hydrogens is 260 g/mol. The SMILES string of the molecule is CCC(C)CCCCCC=CCCCCCCCC(=O)O. The first-order chi connectivity index (χ1) is 10.2. The maximum absolute atomic E-state index is 10.3. The minimum Gasteiger partial charge on any atom is -0.481 e. The van der Waals surface area contributed by atoms with Crippen molar-refractivity contribution in [3.05, 3.63) is 12.2 Å². The van der Waals surface area contributed by atoms with E-state index in [1.54, 1.807) is 0 Å². The van der Waals surface area contributed by atoms with E-state index >= 15 is 0 Å². The molecule has 0 fully saturated rings. The second kappa shape index (κ2) is 15.6. The van der Waals surface area contributed by atoms with Crippen LogP contribution in [0.25, 0.3) is 0 Å². The summed E-state index contributed by atoms with van der Waals surface area (Å²) in [6, 6.07) is 0. The highest BCUT2D eigenvalue weighted by atomic mass is 16.4. The molecule has 2 nitrogen and oxygen atoms in total. The average molecular weight is 296 g/mol. The number of unbranched alkanes of at least 4 members (excludes halogenated alkanes) is 8. The van der Waals surface area contributed by atoms with Crippen molar-refractivity contribution >= 4 is 5.97 Å². The van der Waals surface area contributed by atoms with Gasteiger partial charge >= 0.3 is 5.97 Å². The first kappa shape index (κ1) is 20.2. The van der Waals surface area contributed by atoms with Crippen LogP contribution >= 0.6 is 0 Å². The van der Waals surface area contributed by atoms with E-state index in [9.17, 15) is 4.79 Å². The summed E-state index contributed by atoms with van der Waals surface area (Å²) < 4.78 is 0. The molecule has 0 radical (unpaired) electrons. The zero-order valence-corrected chi connectivity index (χ0v) is 14.3. The quantitative estimate of drug-likeness (QED) is 0.282. The highest BCUT2D eigenvalue weighted by Gasteiger charge is 1.97. The van der Waals surface area contributed by atoms with Gasteiger partial charge in [-0.3, -0.25) is 4.79 Å². The molecule has 0 aromatic rings. The van der Waals surface area contributed by atoms with Gasteiger partial charge < -0.3 is 5.11 Å². The third-order valence-electron chi connectivity index (χ3n) is 4.19. The van der Waals surface area contributed by atoms with Gasteiger partial charge in [0.15, 0.2) is 0 Å². The second-order valence-electron chi connectivity index (χ2n) is 6.32. The Morgan fingerprint density at radius 2 is 1.43 bits per heavy atom. The smallest absolute Gasteiger partial charge is 0.303 e. The van der Waals surface area contributed by atoms with Gasteiger partial charge in [-0.1, -0.05) is 70.9 Å². The number of rotatable bonds is 15. The van der Waals surface area contributed by atoms with Crippen molar-refractivity contribution in [2.75, 3.05) is 0 Å². The summed E-state index contributed by atoms with van der Waals surface area (Å²) in [7, 11) is 0. The summed E-state index contributed by atoms with van der Waals surface area (Å²) >= 11 is 0. The van der Waals surface area contributed by atoms with Crippen LogP contribution in [0, 0.1) is 5.92 Å². The molecule has 2 heteroatoms. The number of aliphatic carboxylic acids is 1. The van der Waals surface area contributed by atoms with Gasteiger partial charge in [-0.2, -0.15) is 0 Å². The van der Waals surface area contributed by atoms with Crippen molar-refractivity contribution in [3.63, 3.8) is 0 Å². The molecule has 0 aliphatic rings. The molecular formula is C19H36O2. The van der Waals surface area contributed by atoms with E-state index < -0.39 is 5.97 Å². The Labute approximate surface area is 132 Å². The van der Waals surface area contributed by atoms with Gasteiger partial charge in [-0.25, -0.2) is 0 Å². The van der Waals surface area contributed by atoms with Gasteiger partial charge in [0, 0.05) is 6.42 Å². The molecule has 0 rings (SSSR count). The van der Waals surface area contributed by atoms with Crippen LogP contribution in [0.1, 0.15) is 97.3 Å². The molecule has 0 aliphatic heterocycles. The van der Waals surface area contributed by atoms with Gasteiger partial charge in [0.05, 0.1) is 0 Å². The Morgan fingerprint density at radius 3 is 2.00 bits per heavy atom. The number of allylic oxidation sites excluding steroid dienone is 2. The van der Waals surface area contributed by atoms with Crippen molar-refractivity contribution in [1.29, 1.82) is 0 Å². The largest absolute Gasteiger partial charge is 0.481 e. The summed E-state index contributed by atoms with van der Waals surface area (Å²) in [5.41, 5.74) is 0. The lowest BCUT2D eigenvalue weighted by Gasteiger charge is -2.06. The topological polar surface area (TPSA) is 37.3 Å². The Kier molecular flexibility index (Phi) is 15.0. The van der Waals surface area contributed by atoms with Crippen molar-refractivity contribution in [2.45, 2.75) is 97.3 Å². The maximum atomic E-state index is 10.3. The first-order valence-electron chi connectivity index (χ1n) is 9.03. The van der Waals surface area contributed by atoms with Gasteiger partial charge in [-0.15, -0.1) is 0 Å². The molecule has 0 aliphatic carbocycles. The number of hydrogen-bond acceptors (Lipinski definition) is 1. The third kappa shape index (κ3) is 17.2. The van der Waals surface area contributed by atoms with Crippen LogP contribution in [-0.2, 0) is 4.79 Å².